The molecule has 18 heavy (non-hydrogen) atoms. The number of aromatic nitrogens is 2. The average Bonchev–Trinajstić information content (AvgIpc) is 2.53. The highest BCUT2D eigenvalue weighted by Gasteiger charge is 2.24. The van der Waals surface area contributed by atoms with Crippen LogP contribution >= 0.6 is 11.8 Å². The molecule has 1 fully saturated rings. The summed E-state index contributed by atoms with van der Waals surface area (Å²) in [4.78, 5) is 2.47. The molecule has 1 aromatic rings. The number of thioether (sulfide) groups is 1. The average molecular weight is 268 g/mol. The van der Waals surface area contributed by atoms with Crippen LogP contribution in [0.25, 0.3) is 0 Å². The molecule has 0 radical (unpaired) electrons. The maximum atomic E-state index is 5.97. The first-order valence-electron chi connectivity index (χ1n) is 6.63. The topological polar surface area (TPSA) is 47.1 Å². The van der Waals surface area contributed by atoms with E-state index in [-0.39, 0.29) is 6.04 Å². The fraction of sp³-hybridized carbons (Fsp3) is 0.769. The van der Waals surface area contributed by atoms with Crippen LogP contribution in [0.2, 0.25) is 0 Å². The largest absolute Gasteiger partial charge is 0.355 e. The van der Waals surface area contributed by atoms with Crippen LogP contribution in [-0.2, 0) is 13.5 Å². The maximum absolute atomic E-state index is 5.97. The van der Waals surface area contributed by atoms with Gasteiger partial charge in [-0.1, -0.05) is 6.92 Å². The van der Waals surface area contributed by atoms with E-state index in [1.807, 2.05) is 11.7 Å². The van der Waals surface area contributed by atoms with Gasteiger partial charge in [0.15, 0.2) is 0 Å². The Morgan fingerprint density at radius 2 is 2.28 bits per heavy atom. The van der Waals surface area contributed by atoms with Gasteiger partial charge in [0.05, 0.1) is 5.69 Å². The Morgan fingerprint density at radius 3 is 2.89 bits per heavy atom. The van der Waals surface area contributed by atoms with E-state index in [2.05, 4.69) is 42.5 Å². The Bertz CT molecular complexity index is 413. The van der Waals surface area contributed by atoms with Crippen LogP contribution in [0.1, 0.15) is 25.1 Å². The van der Waals surface area contributed by atoms with E-state index in [1.165, 1.54) is 17.1 Å². The molecule has 2 atom stereocenters. The van der Waals surface area contributed by atoms with Gasteiger partial charge in [0.25, 0.3) is 0 Å². The summed E-state index contributed by atoms with van der Waals surface area (Å²) in [5, 5.41) is 5.27. The molecule has 2 N–H and O–H groups in total. The highest BCUT2D eigenvalue weighted by Crippen LogP contribution is 2.28. The first kappa shape index (κ1) is 13.7. The third-order valence-corrected chi connectivity index (χ3v) is 4.52. The Kier molecular flexibility index (Phi) is 4.22. The second kappa shape index (κ2) is 5.53. The van der Waals surface area contributed by atoms with Crippen molar-refractivity contribution >= 4 is 17.6 Å². The molecule has 1 aromatic heterocycles. The number of aryl methyl sites for hydroxylation is 2. The molecule has 2 unspecified atom stereocenters. The van der Waals surface area contributed by atoms with Crippen molar-refractivity contribution in [2.24, 2.45) is 12.8 Å². The fourth-order valence-electron chi connectivity index (χ4n) is 2.66. The van der Waals surface area contributed by atoms with Crippen LogP contribution in [0.3, 0.4) is 0 Å². The van der Waals surface area contributed by atoms with Crippen LogP contribution in [-0.4, -0.2) is 39.9 Å². The number of nitrogens with zero attached hydrogens (tertiary/aromatic N) is 3. The standard InChI is InChI=1S/C13H24N4S/c1-9(14)7-12-11(3)15-16(4)13(12)17-5-6-18-10(2)8-17/h9-10H,5-8,14H2,1-4H3. The van der Waals surface area contributed by atoms with E-state index in [9.17, 15) is 0 Å². The van der Waals surface area contributed by atoms with Gasteiger partial charge in [-0.15, -0.1) is 0 Å². The van der Waals surface area contributed by atoms with Gasteiger partial charge in [-0.3, -0.25) is 4.68 Å². The van der Waals surface area contributed by atoms with Crippen molar-refractivity contribution in [3.8, 4) is 0 Å². The van der Waals surface area contributed by atoms with Crippen molar-refractivity contribution < 1.29 is 0 Å². The maximum Gasteiger partial charge on any atom is 0.130 e. The molecule has 1 aliphatic rings. The molecule has 0 bridgehead atoms. The first-order valence-corrected chi connectivity index (χ1v) is 7.68. The predicted molar refractivity (Wildman–Crippen MR) is 79.4 cm³/mol. The zero-order valence-electron chi connectivity index (χ0n) is 11.8. The monoisotopic (exact) mass is 268 g/mol. The summed E-state index contributed by atoms with van der Waals surface area (Å²) in [6.45, 7) is 8.66. The third-order valence-electron chi connectivity index (χ3n) is 3.38. The second-order valence-electron chi connectivity index (χ2n) is 5.32. The van der Waals surface area contributed by atoms with Crippen molar-refractivity contribution in [3.63, 3.8) is 0 Å². The van der Waals surface area contributed by atoms with Gasteiger partial charge in [0.1, 0.15) is 5.82 Å². The lowest BCUT2D eigenvalue weighted by molar-refractivity contribution is 0.686. The van der Waals surface area contributed by atoms with Crippen molar-refractivity contribution in [2.45, 2.75) is 38.5 Å². The zero-order valence-corrected chi connectivity index (χ0v) is 12.6. The SMILES string of the molecule is Cc1nn(C)c(N2CCSC(C)C2)c1CC(C)N. The molecule has 0 amide bonds. The number of nitrogens with two attached hydrogens (primary N) is 1. The zero-order chi connectivity index (χ0) is 13.3. The molecule has 5 heteroatoms. The molecule has 0 aliphatic carbocycles. The van der Waals surface area contributed by atoms with Crippen LogP contribution in [0.4, 0.5) is 5.82 Å². The van der Waals surface area contributed by atoms with E-state index < -0.39 is 0 Å². The first-order chi connectivity index (χ1) is 8.49. The summed E-state index contributed by atoms with van der Waals surface area (Å²) in [7, 11) is 2.04. The van der Waals surface area contributed by atoms with Gasteiger partial charge in [0, 0.05) is 42.7 Å². The van der Waals surface area contributed by atoms with Crippen LogP contribution in [0.5, 0.6) is 0 Å². The Morgan fingerprint density at radius 1 is 1.56 bits per heavy atom. The second-order valence-corrected chi connectivity index (χ2v) is 6.87. The van der Waals surface area contributed by atoms with Gasteiger partial charge < -0.3 is 10.6 Å². The molecule has 4 nitrogen and oxygen atoms in total. The van der Waals surface area contributed by atoms with Crippen LogP contribution in [0, 0.1) is 6.92 Å². The van der Waals surface area contributed by atoms with E-state index in [1.54, 1.807) is 0 Å². The van der Waals surface area contributed by atoms with Gasteiger partial charge in [-0.2, -0.15) is 16.9 Å². The Hall–Kier alpha value is -0.680. The molecule has 102 valence electrons. The summed E-state index contributed by atoms with van der Waals surface area (Å²) in [6, 6.07) is 0.184. The van der Waals surface area contributed by atoms with E-state index >= 15 is 0 Å². The summed E-state index contributed by atoms with van der Waals surface area (Å²) in [5.41, 5.74) is 8.42. The van der Waals surface area contributed by atoms with Crippen molar-refractivity contribution in [1.82, 2.24) is 9.78 Å². The lowest BCUT2D eigenvalue weighted by atomic mass is 10.1. The molecule has 2 rings (SSSR count). The van der Waals surface area contributed by atoms with E-state index in [0.29, 0.717) is 5.25 Å². The minimum atomic E-state index is 0.184. The Labute approximate surface area is 114 Å². The molecular formula is C13H24N4S. The molecule has 2 heterocycles. The fourth-order valence-corrected chi connectivity index (χ4v) is 3.67. The molecule has 0 spiro atoms. The van der Waals surface area contributed by atoms with Crippen LogP contribution in [0.15, 0.2) is 0 Å². The van der Waals surface area contributed by atoms with Crippen molar-refractivity contribution in [2.75, 3.05) is 23.7 Å². The molecule has 0 saturated carbocycles. The smallest absolute Gasteiger partial charge is 0.130 e. The highest BCUT2D eigenvalue weighted by atomic mass is 32.2. The van der Waals surface area contributed by atoms with Gasteiger partial charge in [-0.05, 0) is 20.3 Å². The van der Waals surface area contributed by atoms with Gasteiger partial charge in [-0.25, -0.2) is 0 Å². The molecule has 0 aromatic carbocycles. The Balaban J connectivity index is 2.30. The van der Waals surface area contributed by atoms with Crippen molar-refractivity contribution in [1.29, 1.82) is 0 Å². The third kappa shape index (κ3) is 2.83. The normalized spacial score (nSPS) is 22.3. The quantitative estimate of drug-likeness (QED) is 0.904. The minimum absolute atomic E-state index is 0.184. The predicted octanol–water partition coefficient (Wildman–Crippen LogP) is 1.56. The molecular weight excluding hydrogens is 244 g/mol. The van der Waals surface area contributed by atoms with Gasteiger partial charge in [0.2, 0.25) is 0 Å². The molecule has 1 saturated heterocycles. The summed E-state index contributed by atoms with van der Waals surface area (Å²) in [6.07, 6.45) is 0.910. The lowest BCUT2D eigenvalue weighted by Crippen LogP contribution is -2.38. The van der Waals surface area contributed by atoms with E-state index in [4.69, 9.17) is 5.73 Å². The van der Waals surface area contributed by atoms with Crippen LogP contribution < -0.4 is 10.6 Å². The lowest BCUT2D eigenvalue weighted by Gasteiger charge is -2.33. The van der Waals surface area contributed by atoms with E-state index in [0.717, 1.165) is 25.2 Å². The summed E-state index contributed by atoms with van der Waals surface area (Å²) < 4.78 is 2.02. The summed E-state index contributed by atoms with van der Waals surface area (Å²) in [5.74, 6) is 2.47. The number of anilines is 1. The number of rotatable bonds is 3. The van der Waals surface area contributed by atoms with Crippen molar-refractivity contribution in [3.05, 3.63) is 11.3 Å². The molecule has 1 aliphatic heterocycles. The number of hydrogen-bond donors (Lipinski definition) is 1. The number of hydrogen-bond acceptors (Lipinski definition) is 4. The minimum Gasteiger partial charge on any atom is -0.355 e. The highest BCUT2D eigenvalue weighted by molar-refractivity contribution is 8.00. The van der Waals surface area contributed by atoms with Gasteiger partial charge >= 0.3 is 0 Å². The summed E-state index contributed by atoms with van der Waals surface area (Å²) >= 11 is 2.05.